The van der Waals surface area contributed by atoms with Gasteiger partial charge in [-0.3, -0.25) is 9.69 Å². The zero-order valence-corrected chi connectivity index (χ0v) is 16.1. The summed E-state index contributed by atoms with van der Waals surface area (Å²) in [6.07, 6.45) is -0.615. The van der Waals surface area contributed by atoms with Crippen molar-refractivity contribution in [2.24, 2.45) is 0 Å². The molecule has 0 bridgehead atoms. The molecule has 0 aromatic carbocycles. The highest BCUT2D eigenvalue weighted by atomic mass is 16.6. The number of likely N-dealkylation sites (tertiary alicyclic amines) is 1. The van der Waals surface area contributed by atoms with Crippen molar-refractivity contribution in [3.05, 3.63) is 0 Å². The number of carbonyl (C=O) groups excluding carboxylic acids is 2. The van der Waals surface area contributed by atoms with E-state index < -0.39 is 53.7 Å². The molecule has 0 aromatic rings. The molecule has 2 amide bonds. The molecule has 0 radical (unpaired) electrons. The summed E-state index contributed by atoms with van der Waals surface area (Å²) in [5.74, 6) is -3.26. The lowest BCUT2D eigenvalue weighted by atomic mass is 10.1. The van der Waals surface area contributed by atoms with Crippen LogP contribution >= 0.6 is 0 Å². The van der Waals surface area contributed by atoms with Crippen LogP contribution in [0.25, 0.3) is 0 Å². The van der Waals surface area contributed by atoms with Crippen molar-refractivity contribution < 1.29 is 34.1 Å². The van der Waals surface area contributed by atoms with Crippen LogP contribution in [0.3, 0.4) is 0 Å². The molecule has 0 unspecified atom stereocenters. The second-order valence-electron chi connectivity index (χ2n) is 8.32. The number of nitrogens with zero attached hydrogens (tertiary/aromatic N) is 2. The number of ether oxygens (including phenoxy) is 1. The lowest BCUT2D eigenvalue weighted by Crippen LogP contribution is -2.56. The van der Waals surface area contributed by atoms with Gasteiger partial charge in [0.05, 0.1) is 0 Å². The second kappa shape index (κ2) is 7.51. The van der Waals surface area contributed by atoms with Gasteiger partial charge in [-0.1, -0.05) is 0 Å². The third kappa shape index (κ3) is 5.34. The Kier molecular flexibility index (Phi) is 6.27. The number of rotatable bonds is 4. The molecule has 1 aliphatic heterocycles. The van der Waals surface area contributed by atoms with E-state index in [1.165, 1.54) is 4.90 Å². The van der Waals surface area contributed by atoms with E-state index in [1.54, 1.807) is 41.5 Å². The average molecular weight is 372 g/mol. The minimum Gasteiger partial charge on any atom is -0.480 e. The Morgan fingerprint density at radius 2 is 1.38 bits per heavy atom. The SMILES string of the molecule is CC(C)(C)OC(=O)N(CC(=O)N1[C@@H](C(=O)O)CC[C@H]1C(=O)O)C(C)(C)C. The van der Waals surface area contributed by atoms with Crippen molar-refractivity contribution >= 4 is 23.9 Å². The lowest BCUT2D eigenvalue weighted by Gasteiger charge is -2.38. The Morgan fingerprint density at radius 3 is 1.69 bits per heavy atom. The molecular weight excluding hydrogens is 344 g/mol. The van der Waals surface area contributed by atoms with Crippen LogP contribution in [-0.2, 0) is 19.1 Å². The van der Waals surface area contributed by atoms with Gasteiger partial charge in [0.15, 0.2) is 0 Å². The van der Waals surface area contributed by atoms with E-state index in [1.807, 2.05) is 0 Å². The van der Waals surface area contributed by atoms with Gasteiger partial charge in [-0.15, -0.1) is 0 Å². The molecule has 1 heterocycles. The molecular formula is C17H28N2O7. The number of aliphatic carboxylic acids is 2. The third-order valence-corrected chi connectivity index (χ3v) is 3.96. The molecule has 9 heteroatoms. The Bertz CT molecular complexity index is 567. The first-order valence-corrected chi connectivity index (χ1v) is 8.42. The largest absolute Gasteiger partial charge is 0.480 e. The molecule has 26 heavy (non-hydrogen) atoms. The maximum atomic E-state index is 12.8. The summed E-state index contributed by atoms with van der Waals surface area (Å²) in [4.78, 5) is 50.1. The lowest BCUT2D eigenvalue weighted by molar-refractivity contribution is -0.156. The van der Waals surface area contributed by atoms with Crippen LogP contribution in [0, 0.1) is 0 Å². The summed E-state index contributed by atoms with van der Waals surface area (Å²) in [6.45, 7) is 9.72. The minimum absolute atomic E-state index is 0.0556. The van der Waals surface area contributed by atoms with Gasteiger partial charge in [-0.05, 0) is 54.4 Å². The van der Waals surface area contributed by atoms with E-state index >= 15 is 0 Å². The number of amides is 2. The van der Waals surface area contributed by atoms with Crippen LogP contribution < -0.4 is 0 Å². The molecule has 0 spiro atoms. The van der Waals surface area contributed by atoms with Gasteiger partial charge >= 0.3 is 18.0 Å². The van der Waals surface area contributed by atoms with E-state index in [2.05, 4.69) is 0 Å². The first-order chi connectivity index (χ1) is 11.6. The number of carboxylic acids is 2. The minimum atomic E-state index is -1.26. The van der Waals surface area contributed by atoms with Gasteiger partial charge in [0.25, 0.3) is 0 Å². The molecule has 1 aliphatic rings. The van der Waals surface area contributed by atoms with Crippen LogP contribution in [-0.4, -0.2) is 73.7 Å². The van der Waals surface area contributed by atoms with E-state index in [4.69, 9.17) is 4.74 Å². The molecule has 1 fully saturated rings. The van der Waals surface area contributed by atoms with Crippen LogP contribution in [0.15, 0.2) is 0 Å². The van der Waals surface area contributed by atoms with E-state index in [0.717, 1.165) is 4.90 Å². The van der Waals surface area contributed by atoms with E-state index in [0.29, 0.717) is 0 Å². The van der Waals surface area contributed by atoms with Crippen LogP contribution in [0.4, 0.5) is 4.79 Å². The van der Waals surface area contributed by atoms with Gasteiger partial charge < -0.3 is 19.8 Å². The maximum Gasteiger partial charge on any atom is 0.411 e. The fraction of sp³-hybridized carbons (Fsp3) is 0.765. The second-order valence-corrected chi connectivity index (χ2v) is 8.32. The number of carbonyl (C=O) groups is 4. The Balaban J connectivity index is 3.09. The monoisotopic (exact) mass is 372 g/mol. The Hall–Kier alpha value is -2.32. The summed E-state index contributed by atoms with van der Waals surface area (Å²) in [5, 5.41) is 18.6. The maximum absolute atomic E-state index is 12.8. The van der Waals surface area contributed by atoms with E-state index in [-0.39, 0.29) is 12.8 Å². The van der Waals surface area contributed by atoms with Gasteiger partial charge in [0.1, 0.15) is 24.2 Å². The predicted octanol–water partition coefficient (Wildman–Crippen LogP) is 1.55. The van der Waals surface area contributed by atoms with Crippen molar-refractivity contribution in [2.75, 3.05) is 6.54 Å². The van der Waals surface area contributed by atoms with Gasteiger partial charge in [-0.25, -0.2) is 14.4 Å². The Morgan fingerprint density at radius 1 is 0.962 bits per heavy atom. The molecule has 1 saturated heterocycles. The smallest absolute Gasteiger partial charge is 0.411 e. The molecule has 0 aliphatic carbocycles. The highest BCUT2D eigenvalue weighted by Crippen LogP contribution is 2.26. The topological polar surface area (TPSA) is 124 Å². The first-order valence-electron chi connectivity index (χ1n) is 8.42. The molecule has 0 aromatic heterocycles. The summed E-state index contributed by atoms with van der Waals surface area (Å²) < 4.78 is 5.32. The summed E-state index contributed by atoms with van der Waals surface area (Å²) >= 11 is 0. The summed E-state index contributed by atoms with van der Waals surface area (Å²) in [7, 11) is 0. The number of hydrogen-bond acceptors (Lipinski definition) is 5. The third-order valence-electron chi connectivity index (χ3n) is 3.96. The summed E-state index contributed by atoms with van der Waals surface area (Å²) in [5.41, 5.74) is -1.56. The quantitative estimate of drug-likeness (QED) is 0.767. The van der Waals surface area contributed by atoms with Gasteiger partial charge in [0.2, 0.25) is 5.91 Å². The van der Waals surface area contributed by atoms with Crippen molar-refractivity contribution in [1.29, 1.82) is 0 Å². The highest BCUT2D eigenvalue weighted by molar-refractivity contribution is 5.91. The highest BCUT2D eigenvalue weighted by Gasteiger charge is 2.45. The normalized spacial score (nSPS) is 20.6. The number of hydrogen-bond donors (Lipinski definition) is 2. The van der Waals surface area contributed by atoms with E-state index in [9.17, 15) is 29.4 Å². The van der Waals surface area contributed by atoms with Crippen LogP contribution in [0.5, 0.6) is 0 Å². The Labute approximate surface area is 152 Å². The van der Waals surface area contributed by atoms with Crippen molar-refractivity contribution in [2.45, 2.75) is 77.6 Å². The molecule has 148 valence electrons. The standard InChI is InChI=1S/C17H28N2O7/c1-16(2,3)18(15(25)26-17(4,5)6)9-12(20)19-10(13(21)22)7-8-11(19)14(23)24/h10-11H,7-9H2,1-6H3,(H,21,22)(H,23,24)/t10-,11+. The fourth-order valence-electron chi connectivity index (χ4n) is 2.75. The van der Waals surface area contributed by atoms with Crippen molar-refractivity contribution in [1.82, 2.24) is 9.80 Å². The van der Waals surface area contributed by atoms with Gasteiger partial charge in [0, 0.05) is 5.54 Å². The molecule has 0 saturated carbocycles. The van der Waals surface area contributed by atoms with Crippen molar-refractivity contribution in [3.63, 3.8) is 0 Å². The van der Waals surface area contributed by atoms with Crippen LogP contribution in [0.2, 0.25) is 0 Å². The molecule has 9 nitrogen and oxygen atoms in total. The van der Waals surface area contributed by atoms with Gasteiger partial charge in [-0.2, -0.15) is 0 Å². The van der Waals surface area contributed by atoms with Crippen LogP contribution in [0.1, 0.15) is 54.4 Å². The molecule has 2 atom stereocenters. The molecule has 2 N–H and O–H groups in total. The number of carboxylic acid groups (broad SMARTS) is 2. The zero-order chi connectivity index (χ0) is 20.4. The molecule has 1 rings (SSSR count). The van der Waals surface area contributed by atoms with Crippen molar-refractivity contribution in [3.8, 4) is 0 Å². The summed E-state index contributed by atoms with van der Waals surface area (Å²) in [6, 6.07) is -2.44. The first kappa shape index (κ1) is 21.7. The fourth-order valence-corrected chi connectivity index (χ4v) is 2.75. The average Bonchev–Trinajstić information content (AvgIpc) is 2.86. The zero-order valence-electron chi connectivity index (χ0n) is 16.1. The predicted molar refractivity (Wildman–Crippen MR) is 91.6 cm³/mol.